The number of aliphatic hydroxyl groups excluding tert-OH is 3. The summed E-state index contributed by atoms with van der Waals surface area (Å²) in [6.07, 6.45) is -1.98. The first-order valence-electron chi connectivity index (χ1n) is 11.7. The first kappa shape index (κ1) is 25.4. The van der Waals surface area contributed by atoms with Crippen LogP contribution in [0.1, 0.15) is 17.4 Å². The number of rotatable bonds is 9. The predicted molar refractivity (Wildman–Crippen MR) is 138 cm³/mol. The molecule has 0 saturated carbocycles. The molecular weight excluding hydrogens is 494 g/mol. The molecule has 2 aromatic carbocycles. The van der Waals surface area contributed by atoms with E-state index in [1.807, 2.05) is 36.4 Å². The number of aromatic nitrogens is 4. The van der Waals surface area contributed by atoms with Crippen LogP contribution in [0.15, 0.2) is 60.0 Å². The highest BCUT2D eigenvalue weighted by molar-refractivity contribution is 5.85. The number of benzene rings is 2. The lowest BCUT2D eigenvalue weighted by atomic mass is 10.1. The van der Waals surface area contributed by atoms with Crippen LogP contribution in [0, 0.1) is 0 Å². The Morgan fingerprint density at radius 2 is 1.95 bits per heavy atom. The molecule has 4 atom stereocenters. The third kappa shape index (κ3) is 4.95. The van der Waals surface area contributed by atoms with Gasteiger partial charge in [0.1, 0.15) is 31.2 Å². The fourth-order valence-electron chi connectivity index (χ4n) is 4.12. The predicted octanol–water partition coefficient (Wildman–Crippen LogP) is 1.05. The Balaban J connectivity index is 1.37. The summed E-state index contributed by atoms with van der Waals surface area (Å²) in [5, 5.41) is 34.6. The van der Waals surface area contributed by atoms with E-state index in [-0.39, 0.29) is 22.9 Å². The zero-order chi connectivity index (χ0) is 26.6. The van der Waals surface area contributed by atoms with Gasteiger partial charge in [0.25, 0.3) is 0 Å². The van der Waals surface area contributed by atoms with Crippen molar-refractivity contribution in [3.63, 3.8) is 0 Å². The van der Waals surface area contributed by atoms with E-state index in [0.29, 0.717) is 23.7 Å². The Kier molecular flexibility index (Phi) is 7.33. The highest BCUT2D eigenvalue weighted by atomic mass is 16.6. The van der Waals surface area contributed by atoms with Crippen molar-refractivity contribution in [2.24, 2.45) is 5.10 Å². The van der Waals surface area contributed by atoms with Gasteiger partial charge in [-0.3, -0.25) is 4.57 Å². The van der Waals surface area contributed by atoms with Crippen LogP contribution in [0.25, 0.3) is 11.2 Å². The fourth-order valence-corrected chi connectivity index (χ4v) is 4.12. The van der Waals surface area contributed by atoms with Crippen molar-refractivity contribution >= 4 is 29.1 Å². The number of fused-ring (bicyclic) bond motifs is 1. The van der Waals surface area contributed by atoms with Gasteiger partial charge in [-0.05, 0) is 29.3 Å². The van der Waals surface area contributed by atoms with Crippen LogP contribution in [-0.4, -0.2) is 73.1 Å². The average Bonchev–Trinajstić information content (AvgIpc) is 3.45. The summed E-state index contributed by atoms with van der Waals surface area (Å²) < 4.78 is 18.5. The molecule has 13 heteroatoms. The topological polar surface area (TPSA) is 182 Å². The van der Waals surface area contributed by atoms with Crippen molar-refractivity contribution < 1.29 is 29.5 Å². The molecule has 6 N–H and O–H groups in total. The summed E-state index contributed by atoms with van der Waals surface area (Å²) in [5.74, 6) is 1.37. The number of imidazole rings is 1. The van der Waals surface area contributed by atoms with Crippen molar-refractivity contribution in [2.75, 3.05) is 24.9 Å². The second-order valence-corrected chi connectivity index (χ2v) is 8.52. The minimum atomic E-state index is -1.36. The lowest BCUT2D eigenvalue weighted by molar-refractivity contribution is -0.0501. The largest absolute Gasteiger partial charge is 0.493 e. The van der Waals surface area contributed by atoms with Gasteiger partial charge in [-0.2, -0.15) is 5.10 Å². The second kappa shape index (κ2) is 11.0. The molecule has 0 bridgehead atoms. The summed E-state index contributed by atoms with van der Waals surface area (Å²) in [5.41, 5.74) is 11.0. The number of nitrogen functional groups attached to an aromatic ring is 1. The summed E-state index contributed by atoms with van der Waals surface area (Å²) in [6.45, 7) is -0.0817. The number of hydrazone groups is 1. The zero-order valence-corrected chi connectivity index (χ0v) is 20.4. The summed E-state index contributed by atoms with van der Waals surface area (Å²) in [6, 6.07) is 15.2. The molecule has 3 heterocycles. The maximum atomic E-state index is 10.6. The SMILES string of the molecule is COc1cc(C=NNc2nc3c(N)ncnc3n2[C@@H]2O[C@H](CO)[C@@H](O)[C@H]2O)ccc1OCc1ccccc1. The molecule has 4 aromatic rings. The third-order valence-electron chi connectivity index (χ3n) is 6.08. The van der Waals surface area contributed by atoms with Crippen LogP contribution >= 0.6 is 0 Å². The summed E-state index contributed by atoms with van der Waals surface area (Å²) in [7, 11) is 1.55. The van der Waals surface area contributed by atoms with E-state index in [9.17, 15) is 15.3 Å². The third-order valence-corrected chi connectivity index (χ3v) is 6.08. The molecule has 38 heavy (non-hydrogen) atoms. The Hall–Kier alpha value is -4.30. The number of nitrogens with two attached hydrogens (primary N) is 1. The van der Waals surface area contributed by atoms with Gasteiger partial charge in [-0.25, -0.2) is 20.4 Å². The number of nitrogens with one attached hydrogen (secondary N) is 1. The van der Waals surface area contributed by atoms with Gasteiger partial charge in [0.15, 0.2) is 34.7 Å². The summed E-state index contributed by atoms with van der Waals surface area (Å²) >= 11 is 0. The molecule has 0 radical (unpaired) electrons. The number of methoxy groups -OCH3 is 1. The number of hydrogen-bond donors (Lipinski definition) is 5. The van der Waals surface area contributed by atoms with E-state index in [2.05, 4.69) is 25.5 Å². The number of ether oxygens (including phenoxy) is 3. The average molecular weight is 522 g/mol. The molecule has 0 amide bonds. The second-order valence-electron chi connectivity index (χ2n) is 8.52. The minimum absolute atomic E-state index is 0.114. The fraction of sp³-hybridized carbons (Fsp3) is 0.280. The Labute approximate surface area is 217 Å². The molecule has 1 aliphatic heterocycles. The smallest absolute Gasteiger partial charge is 0.228 e. The molecule has 0 spiro atoms. The van der Waals surface area contributed by atoms with Gasteiger partial charge in [-0.1, -0.05) is 30.3 Å². The van der Waals surface area contributed by atoms with E-state index in [1.165, 1.54) is 10.9 Å². The van der Waals surface area contributed by atoms with Crippen LogP contribution in [0.5, 0.6) is 11.5 Å². The monoisotopic (exact) mass is 521 g/mol. The van der Waals surface area contributed by atoms with Crippen LogP contribution in [-0.2, 0) is 11.3 Å². The number of nitrogens with zero attached hydrogens (tertiary/aromatic N) is 5. The number of anilines is 2. The van der Waals surface area contributed by atoms with E-state index < -0.39 is 31.1 Å². The van der Waals surface area contributed by atoms with Gasteiger partial charge in [0, 0.05) is 0 Å². The summed E-state index contributed by atoms with van der Waals surface area (Å²) in [4.78, 5) is 12.6. The highest BCUT2D eigenvalue weighted by Crippen LogP contribution is 2.35. The molecule has 5 rings (SSSR count). The van der Waals surface area contributed by atoms with Gasteiger partial charge in [0.05, 0.1) is 19.9 Å². The minimum Gasteiger partial charge on any atom is -0.493 e. The Bertz CT molecular complexity index is 1430. The standard InChI is InChI=1S/C25H27N7O6/c1-36-17-9-15(7-8-16(17)37-12-14-5-3-2-4-6-14)10-29-31-25-30-19-22(26)27-13-28-23(19)32(25)24-21(35)20(34)18(11-33)38-24/h2-10,13,18,20-21,24,33-35H,11-12H2,1H3,(H,30,31)(H2,26,27,28)/t18-,20-,21-,24-/m1/s1. The normalized spacial score (nSPS) is 21.3. The lowest BCUT2D eigenvalue weighted by Crippen LogP contribution is -2.33. The van der Waals surface area contributed by atoms with E-state index >= 15 is 0 Å². The Morgan fingerprint density at radius 1 is 1.13 bits per heavy atom. The maximum absolute atomic E-state index is 10.6. The van der Waals surface area contributed by atoms with Crippen molar-refractivity contribution in [3.05, 3.63) is 66.0 Å². The van der Waals surface area contributed by atoms with Crippen molar-refractivity contribution in [1.29, 1.82) is 0 Å². The van der Waals surface area contributed by atoms with Crippen molar-refractivity contribution in [3.8, 4) is 11.5 Å². The number of aliphatic hydroxyl groups is 3. The molecule has 0 unspecified atom stereocenters. The molecule has 1 saturated heterocycles. The van der Waals surface area contributed by atoms with E-state index in [1.54, 1.807) is 25.5 Å². The quantitative estimate of drug-likeness (QED) is 0.157. The molecular formula is C25H27N7O6. The van der Waals surface area contributed by atoms with Gasteiger partial charge >= 0.3 is 0 Å². The van der Waals surface area contributed by atoms with Crippen molar-refractivity contribution in [1.82, 2.24) is 19.5 Å². The van der Waals surface area contributed by atoms with Gasteiger partial charge in [0.2, 0.25) is 5.95 Å². The van der Waals surface area contributed by atoms with Crippen LogP contribution in [0.3, 0.4) is 0 Å². The maximum Gasteiger partial charge on any atom is 0.228 e. The van der Waals surface area contributed by atoms with Crippen LogP contribution in [0.4, 0.5) is 11.8 Å². The van der Waals surface area contributed by atoms with E-state index in [4.69, 9.17) is 19.9 Å². The van der Waals surface area contributed by atoms with Crippen LogP contribution in [0.2, 0.25) is 0 Å². The highest BCUT2D eigenvalue weighted by Gasteiger charge is 2.45. The molecule has 13 nitrogen and oxygen atoms in total. The van der Waals surface area contributed by atoms with Crippen molar-refractivity contribution in [2.45, 2.75) is 31.1 Å². The molecule has 198 valence electrons. The first-order chi connectivity index (χ1) is 18.5. The van der Waals surface area contributed by atoms with Gasteiger partial charge < -0.3 is 35.3 Å². The Morgan fingerprint density at radius 3 is 2.68 bits per heavy atom. The molecule has 2 aromatic heterocycles. The molecule has 0 aliphatic carbocycles. The van der Waals surface area contributed by atoms with Gasteiger partial charge in [-0.15, -0.1) is 0 Å². The molecule has 1 aliphatic rings. The van der Waals surface area contributed by atoms with E-state index in [0.717, 1.165) is 5.56 Å². The number of hydrogen-bond acceptors (Lipinski definition) is 12. The zero-order valence-electron chi connectivity index (χ0n) is 20.4. The molecule has 1 fully saturated rings. The van der Waals surface area contributed by atoms with Crippen LogP contribution < -0.4 is 20.6 Å². The lowest BCUT2D eigenvalue weighted by Gasteiger charge is -2.18. The first-order valence-corrected chi connectivity index (χ1v) is 11.7.